The van der Waals surface area contributed by atoms with Crippen molar-refractivity contribution in [3.05, 3.63) is 35.7 Å². The summed E-state index contributed by atoms with van der Waals surface area (Å²) in [4.78, 5) is 19.4. The van der Waals surface area contributed by atoms with Gasteiger partial charge in [0.1, 0.15) is 10.7 Å². The molecule has 2 N–H and O–H groups in total. The lowest BCUT2D eigenvalue weighted by Crippen LogP contribution is -2.28. The third kappa shape index (κ3) is 3.44. The van der Waals surface area contributed by atoms with Crippen molar-refractivity contribution in [3.63, 3.8) is 0 Å². The van der Waals surface area contributed by atoms with Crippen molar-refractivity contribution < 1.29 is 18.3 Å². The van der Waals surface area contributed by atoms with Gasteiger partial charge in [0.05, 0.1) is 6.20 Å². The van der Waals surface area contributed by atoms with Crippen LogP contribution >= 0.6 is 0 Å². The van der Waals surface area contributed by atoms with E-state index in [4.69, 9.17) is 5.11 Å². The maximum atomic E-state index is 12.3. The SMILES string of the molecule is Cn1ncc(S(=O)(=O)NCCc2nccc(C3CC3)n2)c1C(=O)O. The lowest BCUT2D eigenvalue weighted by molar-refractivity contribution is 0.0680. The average Bonchev–Trinajstić information content (AvgIpc) is 3.29. The molecule has 3 rings (SSSR count). The fourth-order valence-corrected chi connectivity index (χ4v) is 3.56. The molecule has 2 heterocycles. The van der Waals surface area contributed by atoms with E-state index in [1.54, 1.807) is 6.20 Å². The molecule has 0 bridgehead atoms. The van der Waals surface area contributed by atoms with Crippen molar-refractivity contribution in [3.8, 4) is 0 Å². The van der Waals surface area contributed by atoms with E-state index < -0.39 is 16.0 Å². The molecule has 2 aromatic rings. The molecule has 1 saturated carbocycles. The largest absolute Gasteiger partial charge is 0.476 e. The molecule has 1 aliphatic rings. The van der Waals surface area contributed by atoms with Crippen LogP contribution in [0.5, 0.6) is 0 Å². The van der Waals surface area contributed by atoms with Gasteiger partial charge in [-0.2, -0.15) is 5.10 Å². The van der Waals surface area contributed by atoms with Crippen LogP contribution in [-0.4, -0.2) is 45.8 Å². The minimum atomic E-state index is -3.97. The molecule has 1 fully saturated rings. The number of aromatic carboxylic acids is 1. The molecule has 0 aromatic carbocycles. The zero-order valence-electron chi connectivity index (χ0n) is 13.0. The van der Waals surface area contributed by atoms with Gasteiger partial charge < -0.3 is 5.11 Å². The Balaban J connectivity index is 1.67. The summed E-state index contributed by atoms with van der Waals surface area (Å²) in [6, 6.07) is 1.88. The Morgan fingerprint density at radius 3 is 2.88 bits per heavy atom. The summed E-state index contributed by atoms with van der Waals surface area (Å²) in [5.74, 6) is -0.292. The van der Waals surface area contributed by atoms with Crippen LogP contribution in [0.4, 0.5) is 0 Å². The first-order valence-corrected chi connectivity index (χ1v) is 8.93. The highest BCUT2D eigenvalue weighted by atomic mass is 32.2. The molecule has 0 unspecified atom stereocenters. The van der Waals surface area contributed by atoms with Crippen molar-refractivity contribution in [1.82, 2.24) is 24.5 Å². The second-order valence-corrected chi connectivity index (χ2v) is 7.34. The van der Waals surface area contributed by atoms with Gasteiger partial charge in [-0.3, -0.25) is 4.68 Å². The van der Waals surface area contributed by atoms with Gasteiger partial charge in [0.15, 0.2) is 5.69 Å². The average molecular weight is 351 g/mol. The Morgan fingerprint density at radius 1 is 1.46 bits per heavy atom. The van der Waals surface area contributed by atoms with E-state index in [0.717, 1.165) is 29.4 Å². The van der Waals surface area contributed by atoms with Crippen molar-refractivity contribution in [2.24, 2.45) is 7.05 Å². The Hall–Kier alpha value is -2.33. The third-order valence-electron chi connectivity index (χ3n) is 3.76. The van der Waals surface area contributed by atoms with Crippen LogP contribution in [0.3, 0.4) is 0 Å². The molecule has 0 amide bonds. The molecule has 0 saturated heterocycles. The summed E-state index contributed by atoms with van der Waals surface area (Å²) in [6.45, 7) is 0.0738. The smallest absolute Gasteiger partial charge is 0.355 e. The summed E-state index contributed by atoms with van der Waals surface area (Å²) in [7, 11) is -2.59. The number of aryl methyl sites for hydroxylation is 1. The van der Waals surface area contributed by atoms with E-state index in [-0.39, 0.29) is 17.1 Å². The second kappa shape index (κ2) is 6.29. The zero-order chi connectivity index (χ0) is 17.3. The number of hydrogen-bond acceptors (Lipinski definition) is 6. The van der Waals surface area contributed by atoms with E-state index in [1.165, 1.54) is 7.05 Å². The highest BCUT2D eigenvalue weighted by molar-refractivity contribution is 7.89. The molecular weight excluding hydrogens is 334 g/mol. The number of sulfonamides is 1. The van der Waals surface area contributed by atoms with Crippen LogP contribution in [0, 0.1) is 0 Å². The number of carbonyl (C=O) groups is 1. The van der Waals surface area contributed by atoms with Gasteiger partial charge >= 0.3 is 5.97 Å². The Bertz CT molecular complexity index is 873. The summed E-state index contributed by atoms with van der Waals surface area (Å²) in [6.07, 6.45) is 5.27. The summed E-state index contributed by atoms with van der Waals surface area (Å²) in [5.41, 5.74) is 0.609. The highest BCUT2D eigenvalue weighted by Crippen LogP contribution is 2.38. The molecule has 24 heavy (non-hydrogen) atoms. The molecule has 0 spiro atoms. The molecular formula is C14H17N5O4S. The molecule has 128 valence electrons. The van der Waals surface area contributed by atoms with E-state index >= 15 is 0 Å². The Morgan fingerprint density at radius 2 is 2.21 bits per heavy atom. The molecule has 10 heteroatoms. The van der Waals surface area contributed by atoms with E-state index in [9.17, 15) is 13.2 Å². The normalized spacial score (nSPS) is 14.7. The van der Waals surface area contributed by atoms with E-state index in [2.05, 4.69) is 19.8 Å². The number of hydrogen-bond donors (Lipinski definition) is 2. The fourth-order valence-electron chi connectivity index (χ4n) is 2.37. The standard InChI is InChI=1S/C14H17N5O4S/c1-19-13(14(20)21)11(8-16-19)24(22,23)17-7-5-12-15-6-4-10(18-12)9-2-3-9/h4,6,8-9,17H,2-3,5,7H2,1H3,(H,20,21). The first-order chi connectivity index (χ1) is 11.4. The molecule has 0 radical (unpaired) electrons. The zero-order valence-corrected chi connectivity index (χ0v) is 13.8. The monoisotopic (exact) mass is 351 g/mol. The van der Waals surface area contributed by atoms with Gasteiger partial charge in [-0.1, -0.05) is 0 Å². The Kier molecular flexibility index (Phi) is 4.33. The predicted octanol–water partition coefficient (Wildman–Crippen LogP) is 0.307. The number of rotatable bonds is 7. The van der Waals surface area contributed by atoms with Gasteiger partial charge in [0.25, 0.3) is 0 Å². The summed E-state index contributed by atoms with van der Waals surface area (Å²) >= 11 is 0. The van der Waals surface area contributed by atoms with Crippen LogP contribution in [0.1, 0.15) is 40.8 Å². The summed E-state index contributed by atoms with van der Waals surface area (Å²) in [5, 5.41) is 12.8. The van der Waals surface area contributed by atoms with Crippen LogP contribution in [-0.2, 0) is 23.5 Å². The van der Waals surface area contributed by atoms with Gasteiger partial charge in [-0.05, 0) is 18.9 Å². The highest BCUT2D eigenvalue weighted by Gasteiger charge is 2.27. The molecule has 0 atom stereocenters. The Labute approximate surface area is 138 Å². The van der Waals surface area contributed by atoms with E-state index in [0.29, 0.717) is 18.2 Å². The third-order valence-corrected chi connectivity index (χ3v) is 5.22. The molecule has 0 aliphatic heterocycles. The summed E-state index contributed by atoms with van der Waals surface area (Å²) < 4.78 is 27.9. The van der Waals surface area contributed by atoms with Gasteiger partial charge in [-0.15, -0.1) is 0 Å². The van der Waals surface area contributed by atoms with Crippen molar-refractivity contribution in [2.45, 2.75) is 30.1 Å². The number of nitrogens with one attached hydrogen (secondary N) is 1. The maximum absolute atomic E-state index is 12.3. The molecule has 9 nitrogen and oxygen atoms in total. The second-order valence-electron chi connectivity index (χ2n) is 5.61. The van der Waals surface area contributed by atoms with Crippen molar-refractivity contribution in [1.29, 1.82) is 0 Å². The predicted molar refractivity (Wildman–Crippen MR) is 83.1 cm³/mol. The van der Waals surface area contributed by atoms with Crippen LogP contribution in [0.15, 0.2) is 23.4 Å². The van der Waals surface area contributed by atoms with E-state index in [1.807, 2.05) is 6.07 Å². The lowest BCUT2D eigenvalue weighted by atomic mass is 10.3. The first kappa shape index (κ1) is 16.5. The molecule has 1 aliphatic carbocycles. The first-order valence-electron chi connectivity index (χ1n) is 7.45. The van der Waals surface area contributed by atoms with Crippen molar-refractivity contribution >= 4 is 16.0 Å². The van der Waals surface area contributed by atoms with Crippen molar-refractivity contribution in [2.75, 3.05) is 6.54 Å². The maximum Gasteiger partial charge on any atom is 0.355 e. The molecule has 2 aromatic heterocycles. The topological polar surface area (TPSA) is 127 Å². The van der Waals surface area contributed by atoms with Crippen LogP contribution < -0.4 is 4.72 Å². The van der Waals surface area contributed by atoms with Crippen LogP contribution in [0.2, 0.25) is 0 Å². The number of carboxylic acid groups (broad SMARTS) is 1. The number of carboxylic acids is 1. The van der Waals surface area contributed by atoms with Gasteiger partial charge in [-0.25, -0.2) is 27.9 Å². The number of nitrogens with zero attached hydrogens (tertiary/aromatic N) is 4. The fraction of sp³-hybridized carbons (Fsp3) is 0.429. The lowest BCUT2D eigenvalue weighted by Gasteiger charge is -2.06. The van der Waals surface area contributed by atoms with Crippen LogP contribution in [0.25, 0.3) is 0 Å². The quantitative estimate of drug-likeness (QED) is 0.734. The minimum Gasteiger partial charge on any atom is -0.476 e. The van der Waals surface area contributed by atoms with Gasteiger partial charge in [0.2, 0.25) is 10.0 Å². The minimum absolute atomic E-state index is 0.0738. The number of aromatic nitrogens is 4. The van der Waals surface area contributed by atoms with Gasteiger partial charge in [0, 0.05) is 37.8 Å².